The molecule has 0 aromatic carbocycles. The zero-order valence-electron chi connectivity index (χ0n) is 5.97. The van der Waals surface area contributed by atoms with Crippen LogP contribution in [0.5, 0.6) is 0 Å². The molecule has 1 N–H and O–H groups in total. The van der Waals surface area contributed by atoms with E-state index in [9.17, 15) is 14.9 Å². The summed E-state index contributed by atoms with van der Waals surface area (Å²) in [6.07, 6.45) is 0. The molecule has 0 amide bonds. The highest BCUT2D eigenvalue weighted by Gasteiger charge is 2.26. The van der Waals surface area contributed by atoms with Crippen LogP contribution in [-0.4, -0.2) is 20.4 Å². The van der Waals surface area contributed by atoms with Crippen LogP contribution in [0.1, 0.15) is 15.4 Å². The maximum Gasteiger partial charge on any atom is 0.354 e. The number of rotatable bonds is 2. The van der Waals surface area contributed by atoms with Gasteiger partial charge in [0.1, 0.15) is 5.69 Å². The summed E-state index contributed by atoms with van der Waals surface area (Å²) in [5.74, 6) is -1.31. The molecule has 12 heavy (non-hydrogen) atoms. The second-order valence-corrected chi connectivity index (χ2v) is 2.78. The van der Waals surface area contributed by atoms with E-state index in [1.807, 2.05) is 0 Å². The molecule has 6 nitrogen and oxygen atoms in total. The molecule has 0 bridgehead atoms. The molecule has 1 heterocycles. The molecule has 0 aliphatic carbocycles. The van der Waals surface area contributed by atoms with Crippen molar-refractivity contribution in [2.75, 3.05) is 0 Å². The van der Waals surface area contributed by atoms with Crippen molar-refractivity contribution in [2.24, 2.45) is 0 Å². The molecule has 1 aromatic heterocycles. The molecule has 0 fully saturated rings. The van der Waals surface area contributed by atoms with E-state index in [0.29, 0.717) is 11.5 Å². The fourth-order valence-electron chi connectivity index (χ4n) is 0.720. The molecular formula is C5H4N2O4S. The zero-order chi connectivity index (χ0) is 9.30. The SMILES string of the molecule is Cc1nsc(C(=O)O)c1[N+](=O)[O-]. The first-order valence-corrected chi connectivity index (χ1v) is 3.65. The predicted molar refractivity (Wildman–Crippen MR) is 40.5 cm³/mol. The van der Waals surface area contributed by atoms with Crippen LogP contribution in [0, 0.1) is 17.0 Å². The maximum absolute atomic E-state index is 10.4. The number of nitrogens with zero attached hydrogens (tertiary/aromatic N) is 2. The van der Waals surface area contributed by atoms with Crippen LogP contribution in [0.2, 0.25) is 0 Å². The highest BCUT2D eigenvalue weighted by atomic mass is 32.1. The Labute approximate surface area is 70.8 Å². The van der Waals surface area contributed by atoms with Gasteiger partial charge in [-0.15, -0.1) is 0 Å². The van der Waals surface area contributed by atoms with Gasteiger partial charge < -0.3 is 5.11 Å². The van der Waals surface area contributed by atoms with E-state index in [2.05, 4.69) is 4.37 Å². The quantitative estimate of drug-likeness (QED) is 0.553. The Morgan fingerprint density at radius 3 is 2.67 bits per heavy atom. The van der Waals surface area contributed by atoms with Crippen LogP contribution < -0.4 is 0 Å². The molecule has 0 aliphatic rings. The first-order valence-electron chi connectivity index (χ1n) is 2.88. The second kappa shape index (κ2) is 2.86. The Morgan fingerprint density at radius 1 is 1.75 bits per heavy atom. The van der Waals surface area contributed by atoms with Gasteiger partial charge >= 0.3 is 11.7 Å². The molecule has 0 saturated heterocycles. The van der Waals surface area contributed by atoms with Gasteiger partial charge in [-0.2, -0.15) is 4.37 Å². The molecule has 64 valence electrons. The number of carbonyl (C=O) groups is 1. The summed E-state index contributed by atoms with van der Waals surface area (Å²) in [6, 6.07) is 0. The summed E-state index contributed by atoms with van der Waals surface area (Å²) >= 11 is 0.621. The highest BCUT2D eigenvalue weighted by Crippen LogP contribution is 2.25. The second-order valence-electron chi connectivity index (χ2n) is 2.01. The number of aromatic carboxylic acids is 1. The highest BCUT2D eigenvalue weighted by molar-refractivity contribution is 7.08. The standard InChI is InChI=1S/C5H4N2O4S/c1-2-3(7(10)11)4(5(8)9)12-6-2/h1H3,(H,8,9). The first kappa shape index (κ1) is 8.60. The summed E-state index contributed by atoms with van der Waals surface area (Å²) in [4.78, 5) is 19.7. The normalized spacial score (nSPS) is 9.75. The summed E-state index contributed by atoms with van der Waals surface area (Å²) in [7, 11) is 0. The van der Waals surface area contributed by atoms with Gasteiger partial charge in [-0.1, -0.05) is 0 Å². The average Bonchev–Trinajstić information content (AvgIpc) is 2.30. The van der Waals surface area contributed by atoms with Crippen molar-refractivity contribution < 1.29 is 14.8 Å². The van der Waals surface area contributed by atoms with Gasteiger partial charge in [0.2, 0.25) is 4.88 Å². The van der Waals surface area contributed by atoms with Gasteiger partial charge in [-0.05, 0) is 18.5 Å². The van der Waals surface area contributed by atoms with Gasteiger partial charge in [0.05, 0.1) is 4.92 Å². The van der Waals surface area contributed by atoms with Crippen LogP contribution in [0.3, 0.4) is 0 Å². The van der Waals surface area contributed by atoms with Crippen molar-refractivity contribution in [3.05, 3.63) is 20.7 Å². The minimum atomic E-state index is -1.31. The van der Waals surface area contributed by atoms with Crippen LogP contribution >= 0.6 is 11.5 Å². The number of hydrogen-bond donors (Lipinski definition) is 1. The van der Waals surface area contributed by atoms with E-state index in [-0.39, 0.29) is 10.6 Å². The van der Waals surface area contributed by atoms with Crippen molar-refractivity contribution in [3.8, 4) is 0 Å². The van der Waals surface area contributed by atoms with Gasteiger partial charge in [-0.3, -0.25) is 10.1 Å². The number of aryl methyl sites for hydroxylation is 1. The van der Waals surface area contributed by atoms with E-state index >= 15 is 0 Å². The number of hydrogen-bond acceptors (Lipinski definition) is 5. The summed E-state index contributed by atoms with van der Waals surface area (Å²) < 4.78 is 3.58. The largest absolute Gasteiger partial charge is 0.477 e. The molecule has 7 heteroatoms. The third-order valence-corrected chi connectivity index (χ3v) is 2.12. The Hall–Kier alpha value is -1.50. The molecule has 0 saturated carbocycles. The lowest BCUT2D eigenvalue weighted by Crippen LogP contribution is -1.98. The molecular weight excluding hydrogens is 184 g/mol. The summed E-state index contributed by atoms with van der Waals surface area (Å²) in [5.41, 5.74) is -0.269. The predicted octanol–water partition coefficient (Wildman–Crippen LogP) is 1.06. The molecule has 0 radical (unpaired) electrons. The van der Waals surface area contributed by atoms with Crippen molar-refractivity contribution in [3.63, 3.8) is 0 Å². The minimum absolute atomic E-state index is 0.141. The van der Waals surface area contributed by atoms with Gasteiger partial charge in [0.25, 0.3) is 0 Å². The Morgan fingerprint density at radius 2 is 2.33 bits per heavy atom. The van der Waals surface area contributed by atoms with Crippen LogP contribution in [0.15, 0.2) is 0 Å². The number of carboxylic acids is 1. The zero-order valence-corrected chi connectivity index (χ0v) is 6.79. The van der Waals surface area contributed by atoms with Crippen molar-refractivity contribution in [2.45, 2.75) is 6.92 Å². The molecule has 0 spiro atoms. The van der Waals surface area contributed by atoms with Crippen molar-refractivity contribution >= 4 is 23.2 Å². The van der Waals surface area contributed by atoms with E-state index in [4.69, 9.17) is 5.11 Å². The number of nitro groups is 1. The Kier molecular flexibility index (Phi) is 2.05. The van der Waals surface area contributed by atoms with Gasteiger partial charge in [-0.25, -0.2) is 4.79 Å². The van der Waals surface area contributed by atoms with Crippen molar-refractivity contribution in [1.29, 1.82) is 0 Å². The van der Waals surface area contributed by atoms with Crippen LogP contribution in [0.25, 0.3) is 0 Å². The Balaban J connectivity index is 3.31. The average molecular weight is 188 g/mol. The van der Waals surface area contributed by atoms with E-state index in [0.717, 1.165) is 0 Å². The van der Waals surface area contributed by atoms with Gasteiger partial charge in [0.15, 0.2) is 0 Å². The minimum Gasteiger partial charge on any atom is -0.477 e. The summed E-state index contributed by atoms with van der Waals surface area (Å²) in [6.45, 7) is 1.40. The summed E-state index contributed by atoms with van der Waals surface area (Å²) in [5, 5.41) is 18.8. The lowest BCUT2D eigenvalue weighted by molar-refractivity contribution is -0.385. The number of aromatic nitrogens is 1. The van der Waals surface area contributed by atoms with Crippen molar-refractivity contribution in [1.82, 2.24) is 4.37 Å². The van der Waals surface area contributed by atoms with E-state index in [1.165, 1.54) is 6.92 Å². The van der Waals surface area contributed by atoms with E-state index in [1.54, 1.807) is 0 Å². The van der Waals surface area contributed by atoms with Crippen LogP contribution in [-0.2, 0) is 0 Å². The fraction of sp³-hybridized carbons (Fsp3) is 0.200. The molecule has 0 aliphatic heterocycles. The lowest BCUT2D eigenvalue weighted by Gasteiger charge is -1.88. The third-order valence-electron chi connectivity index (χ3n) is 1.21. The third kappa shape index (κ3) is 1.26. The Bertz CT molecular complexity index is 345. The molecule has 0 atom stereocenters. The topological polar surface area (TPSA) is 93.3 Å². The lowest BCUT2D eigenvalue weighted by atomic mass is 10.3. The monoisotopic (exact) mass is 188 g/mol. The van der Waals surface area contributed by atoms with Gasteiger partial charge in [0, 0.05) is 0 Å². The molecule has 1 rings (SSSR count). The maximum atomic E-state index is 10.4. The molecule has 1 aromatic rings. The molecule has 0 unspecified atom stereocenters. The first-order chi connectivity index (χ1) is 5.54. The van der Waals surface area contributed by atoms with E-state index < -0.39 is 16.6 Å². The number of carboxylic acid groups (broad SMARTS) is 1. The van der Waals surface area contributed by atoms with Crippen LogP contribution in [0.4, 0.5) is 5.69 Å². The fourth-order valence-corrected chi connectivity index (χ4v) is 1.42. The smallest absolute Gasteiger partial charge is 0.354 e.